The Kier molecular flexibility index (Phi) is 11.0. The Labute approximate surface area is 394 Å². The SMILES string of the molecule is [c-]1n(-c2cccc(N3CCCCC3)c2)c2ccccc2[n+]1-c1cncc(Oc2ccnc(-c3cc(Oc4cncc(-[n+]5[c-]n(-c6cccc(N7CCCCC7)c6)c6ccccc65)c4)ccn3)c2)c1. The summed E-state index contributed by atoms with van der Waals surface area (Å²) in [5.74, 6) is 2.34. The molecular weight excluding hydrogens is 845 g/mol. The van der Waals surface area contributed by atoms with Crippen molar-refractivity contribution in [1.82, 2.24) is 29.1 Å². The monoisotopic (exact) mass is 892 g/mol. The van der Waals surface area contributed by atoms with E-state index < -0.39 is 0 Å². The highest BCUT2D eigenvalue weighted by molar-refractivity contribution is 5.76. The lowest BCUT2D eigenvalue weighted by molar-refractivity contribution is -0.573. The number of para-hydroxylation sites is 4. The minimum Gasteiger partial charge on any atom is -0.456 e. The molecule has 4 aromatic carbocycles. The summed E-state index contributed by atoms with van der Waals surface area (Å²) in [5.41, 5.74) is 11.6. The van der Waals surface area contributed by atoms with Crippen molar-refractivity contribution >= 4 is 33.4 Å². The van der Waals surface area contributed by atoms with E-state index >= 15 is 0 Å². The third-order valence-corrected chi connectivity index (χ3v) is 12.9. The van der Waals surface area contributed by atoms with Gasteiger partial charge in [0.15, 0.2) is 0 Å². The van der Waals surface area contributed by atoms with Crippen LogP contribution >= 0.6 is 0 Å². The van der Waals surface area contributed by atoms with E-state index in [2.05, 4.69) is 136 Å². The molecule has 12 heteroatoms. The molecule has 0 saturated carbocycles. The number of imidazole rings is 2. The topological polar surface area (TPSA) is 94.1 Å². The fourth-order valence-electron chi connectivity index (χ4n) is 9.52. The number of ether oxygens (including phenoxy) is 2. The van der Waals surface area contributed by atoms with Crippen LogP contribution in [0.1, 0.15) is 38.5 Å². The lowest BCUT2D eigenvalue weighted by atomic mass is 10.1. The normalized spacial score (nSPS) is 14.1. The Balaban J connectivity index is 0.779. The first-order chi connectivity index (χ1) is 33.7. The highest BCUT2D eigenvalue weighted by atomic mass is 16.5. The first kappa shape index (κ1) is 41.1. The Morgan fingerprint density at radius 1 is 0.412 bits per heavy atom. The quantitative estimate of drug-likeness (QED) is 0.0936. The first-order valence-corrected chi connectivity index (χ1v) is 23.5. The van der Waals surface area contributed by atoms with Crippen molar-refractivity contribution in [3.63, 3.8) is 0 Å². The number of fused-ring (bicyclic) bond motifs is 2. The molecule has 12 rings (SSSR count). The second-order valence-electron chi connectivity index (χ2n) is 17.4. The molecule has 8 heterocycles. The zero-order valence-electron chi connectivity index (χ0n) is 37.5. The molecule has 12 nitrogen and oxygen atoms in total. The molecule has 2 saturated heterocycles. The van der Waals surface area contributed by atoms with Gasteiger partial charge in [-0.3, -0.25) is 38.2 Å². The van der Waals surface area contributed by atoms with Crippen molar-refractivity contribution in [1.29, 1.82) is 0 Å². The zero-order valence-corrected chi connectivity index (χ0v) is 37.5. The van der Waals surface area contributed by atoms with E-state index in [0.29, 0.717) is 34.4 Å². The average molecular weight is 893 g/mol. The molecule has 2 aliphatic rings. The maximum Gasteiger partial charge on any atom is 0.269 e. The van der Waals surface area contributed by atoms with Gasteiger partial charge in [0.2, 0.25) is 0 Å². The number of aromatic nitrogens is 8. The number of hydrogen-bond acceptors (Lipinski definition) is 8. The van der Waals surface area contributed by atoms with Gasteiger partial charge in [0, 0.05) is 74.5 Å². The van der Waals surface area contributed by atoms with Crippen molar-refractivity contribution in [3.8, 4) is 57.1 Å². The molecular formula is C56H48N10O2. The Morgan fingerprint density at radius 3 is 1.32 bits per heavy atom. The smallest absolute Gasteiger partial charge is 0.269 e. The molecule has 10 aromatic rings. The third kappa shape index (κ3) is 8.25. The summed E-state index contributed by atoms with van der Waals surface area (Å²) < 4.78 is 21.2. The van der Waals surface area contributed by atoms with Gasteiger partial charge in [0.25, 0.3) is 12.7 Å². The summed E-state index contributed by atoms with van der Waals surface area (Å²) in [6.45, 7) is 4.35. The molecule has 2 fully saturated rings. The van der Waals surface area contributed by atoms with Gasteiger partial charge in [-0.25, -0.2) is 0 Å². The second-order valence-corrected chi connectivity index (χ2v) is 17.4. The molecule has 0 radical (unpaired) electrons. The highest BCUT2D eigenvalue weighted by Gasteiger charge is 2.19. The molecule has 0 aliphatic carbocycles. The first-order valence-electron chi connectivity index (χ1n) is 23.5. The van der Waals surface area contributed by atoms with E-state index in [1.807, 2.05) is 70.1 Å². The molecule has 2 aliphatic heterocycles. The maximum absolute atomic E-state index is 6.45. The van der Waals surface area contributed by atoms with Crippen LogP contribution in [-0.4, -0.2) is 55.2 Å². The van der Waals surface area contributed by atoms with Gasteiger partial charge < -0.3 is 19.3 Å². The number of hydrogen-bond donors (Lipinski definition) is 0. The van der Waals surface area contributed by atoms with Gasteiger partial charge in [0.05, 0.1) is 68.6 Å². The van der Waals surface area contributed by atoms with Gasteiger partial charge >= 0.3 is 0 Å². The largest absolute Gasteiger partial charge is 0.456 e. The molecule has 6 aromatic heterocycles. The van der Waals surface area contributed by atoms with E-state index in [1.165, 1.54) is 49.9 Å². The van der Waals surface area contributed by atoms with E-state index in [1.54, 1.807) is 24.8 Å². The van der Waals surface area contributed by atoms with Gasteiger partial charge in [-0.15, -0.1) is 0 Å². The zero-order chi connectivity index (χ0) is 45.2. The number of pyridine rings is 4. The molecule has 0 N–H and O–H groups in total. The molecule has 334 valence electrons. The molecule has 0 bridgehead atoms. The minimum atomic E-state index is 0.575. The van der Waals surface area contributed by atoms with E-state index in [0.717, 1.165) is 71.0 Å². The summed E-state index contributed by atoms with van der Waals surface area (Å²) in [7, 11) is 0. The Bertz CT molecular complexity index is 3200. The van der Waals surface area contributed by atoms with Crippen molar-refractivity contribution in [3.05, 3.63) is 183 Å². The molecule has 0 atom stereocenters. The summed E-state index contributed by atoms with van der Waals surface area (Å²) in [6, 6.07) is 45.5. The van der Waals surface area contributed by atoms with E-state index in [4.69, 9.17) is 9.47 Å². The molecule has 0 amide bonds. The fourth-order valence-corrected chi connectivity index (χ4v) is 9.52. The maximum atomic E-state index is 6.45. The molecule has 0 unspecified atom stereocenters. The summed E-state index contributed by atoms with van der Waals surface area (Å²) in [6.07, 6.45) is 25.2. The Morgan fingerprint density at radius 2 is 0.853 bits per heavy atom. The van der Waals surface area contributed by atoms with E-state index in [-0.39, 0.29) is 0 Å². The van der Waals surface area contributed by atoms with Crippen molar-refractivity contribution < 1.29 is 18.6 Å². The highest BCUT2D eigenvalue weighted by Crippen LogP contribution is 2.31. The van der Waals surface area contributed by atoms with Crippen molar-refractivity contribution in [2.24, 2.45) is 0 Å². The van der Waals surface area contributed by atoms with Crippen LogP contribution < -0.4 is 28.4 Å². The fraction of sp³-hybridized carbons (Fsp3) is 0.179. The van der Waals surface area contributed by atoms with Crippen LogP contribution in [0.4, 0.5) is 11.4 Å². The van der Waals surface area contributed by atoms with E-state index in [9.17, 15) is 0 Å². The van der Waals surface area contributed by atoms with Crippen LogP contribution in [-0.2, 0) is 0 Å². The van der Waals surface area contributed by atoms with Crippen LogP contribution in [0.2, 0.25) is 0 Å². The number of rotatable bonds is 11. The minimum absolute atomic E-state index is 0.575. The standard InChI is InChI=1S/C56H48N10O2/c1-7-25-61(26-8-1)41-13-11-15-43(29-41)63-39-65(55-19-5-3-17-53(55)63)45-31-49(37-57-35-45)67-47-21-23-59-51(33-47)52-34-48(22-24-60-52)68-50-32-46(36-58-38-50)66-40-64(54-18-4-6-20-56(54)66)44-16-12-14-42(30-44)62-27-9-2-10-28-62/h3-6,11-24,29-38H,1-2,7-10,25-28H2. The lowest BCUT2D eigenvalue weighted by Crippen LogP contribution is -2.30. The molecule has 68 heavy (non-hydrogen) atoms. The number of nitrogens with zero attached hydrogens (tertiary/aromatic N) is 10. The lowest BCUT2D eigenvalue weighted by Gasteiger charge is -2.29. The predicted molar refractivity (Wildman–Crippen MR) is 263 cm³/mol. The summed E-state index contributed by atoms with van der Waals surface area (Å²) in [4.78, 5) is 23.5. The second kappa shape index (κ2) is 18.1. The van der Waals surface area contributed by atoms with Crippen molar-refractivity contribution in [2.75, 3.05) is 36.0 Å². The number of anilines is 2. The van der Waals surface area contributed by atoms with Crippen LogP contribution in [0.25, 0.3) is 56.2 Å². The summed E-state index contributed by atoms with van der Waals surface area (Å²) >= 11 is 0. The average Bonchev–Trinajstić information content (AvgIpc) is 4.00. The Hall–Kier alpha value is -8.38. The van der Waals surface area contributed by atoms with Gasteiger partial charge in [-0.05, 0) is 99.2 Å². The van der Waals surface area contributed by atoms with Gasteiger partial charge in [-0.1, -0.05) is 60.7 Å². The van der Waals surface area contributed by atoms with Crippen LogP contribution in [0, 0.1) is 12.7 Å². The van der Waals surface area contributed by atoms with Gasteiger partial charge in [0.1, 0.15) is 23.0 Å². The van der Waals surface area contributed by atoms with Crippen LogP contribution in [0.15, 0.2) is 171 Å². The number of benzene rings is 4. The van der Waals surface area contributed by atoms with Crippen LogP contribution in [0.5, 0.6) is 23.0 Å². The van der Waals surface area contributed by atoms with Gasteiger partial charge in [-0.2, -0.15) is 0 Å². The molecule has 0 spiro atoms. The van der Waals surface area contributed by atoms with Crippen LogP contribution in [0.3, 0.4) is 0 Å². The third-order valence-electron chi connectivity index (χ3n) is 12.9. The predicted octanol–water partition coefficient (Wildman–Crippen LogP) is 10.5. The number of piperidine rings is 2. The van der Waals surface area contributed by atoms with Crippen molar-refractivity contribution in [2.45, 2.75) is 38.5 Å². The summed E-state index contributed by atoms with van der Waals surface area (Å²) in [5, 5.41) is 0.